The van der Waals surface area contributed by atoms with Crippen molar-refractivity contribution in [1.29, 1.82) is 0 Å². The summed E-state index contributed by atoms with van der Waals surface area (Å²) in [5.41, 5.74) is 5.18. The molecule has 4 heteroatoms. The Labute approximate surface area is 146 Å². The highest BCUT2D eigenvalue weighted by molar-refractivity contribution is 5.88. The second-order valence-electron chi connectivity index (χ2n) is 6.62. The molecule has 0 aliphatic carbocycles. The fourth-order valence-electron chi connectivity index (χ4n) is 4.25. The van der Waals surface area contributed by atoms with Gasteiger partial charge in [0.2, 0.25) is 0 Å². The second kappa shape index (κ2) is 5.31. The van der Waals surface area contributed by atoms with E-state index in [9.17, 15) is 0 Å². The summed E-state index contributed by atoms with van der Waals surface area (Å²) in [4.78, 5) is 3.42. The molecule has 126 valence electrons. The number of benzene rings is 2. The molecule has 3 heterocycles. The predicted octanol–water partition coefficient (Wildman–Crippen LogP) is 4.68. The van der Waals surface area contributed by atoms with Gasteiger partial charge in [-0.15, -0.1) is 0 Å². The Kier molecular flexibility index (Phi) is 3.07. The van der Waals surface area contributed by atoms with E-state index in [4.69, 9.17) is 9.47 Å². The Balaban J connectivity index is 1.69. The first-order chi connectivity index (χ1) is 12.3. The summed E-state index contributed by atoms with van der Waals surface area (Å²) in [5, 5.41) is 2.53. The summed E-state index contributed by atoms with van der Waals surface area (Å²) >= 11 is 0. The molecule has 0 spiro atoms. The van der Waals surface area contributed by atoms with E-state index >= 15 is 0 Å². The van der Waals surface area contributed by atoms with Crippen molar-refractivity contribution >= 4 is 21.8 Å². The van der Waals surface area contributed by atoms with E-state index in [0.717, 1.165) is 24.5 Å². The van der Waals surface area contributed by atoms with Gasteiger partial charge in [0.15, 0.2) is 11.5 Å². The van der Waals surface area contributed by atoms with E-state index < -0.39 is 0 Å². The normalized spacial score (nSPS) is 16.5. The standard InChI is InChI=1S/C21H20N2O2/c1-24-20-10-13-9-19-15(7-8-23(19)18(13)11-21(20)25-2)16-12-22-17-6-4-3-5-14(16)17/h3-6,9-12,15,22H,7-8H2,1-2H3. The predicted molar refractivity (Wildman–Crippen MR) is 99.8 cm³/mol. The van der Waals surface area contributed by atoms with Crippen LogP contribution < -0.4 is 9.47 Å². The van der Waals surface area contributed by atoms with Crippen molar-refractivity contribution in [1.82, 2.24) is 9.55 Å². The van der Waals surface area contributed by atoms with E-state index in [0.29, 0.717) is 5.92 Å². The topological polar surface area (TPSA) is 39.2 Å². The van der Waals surface area contributed by atoms with E-state index in [1.54, 1.807) is 14.2 Å². The molecule has 1 N–H and O–H groups in total. The van der Waals surface area contributed by atoms with Gasteiger partial charge in [-0.3, -0.25) is 0 Å². The summed E-state index contributed by atoms with van der Waals surface area (Å²) in [7, 11) is 3.37. The van der Waals surface area contributed by atoms with Crippen LogP contribution in [-0.4, -0.2) is 23.8 Å². The Bertz CT molecular complexity index is 1090. The molecule has 2 aromatic heterocycles. The Morgan fingerprint density at radius 1 is 1.04 bits per heavy atom. The van der Waals surface area contributed by atoms with Gasteiger partial charge >= 0.3 is 0 Å². The van der Waals surface area contributed by atoms with Crippen molar-refractivity contribution in [2.24, 2.45) is 0 Å². The number of aromatic amines is 1. The number of aryl methyl sites for hydroxylation is 1. The van der Waals surface area contributed by atoms with Gasteiger partial charge in [0.1, 0.15) is 0 Å². The van der Waals surface area contributed by atoms with E-state index in [1.807, 2.05) is 0 Å². The molecule has 1 unspecified atom stereocenters. The maximum absolute atomic E-state index is 5.49. The third-order valence-corrected chi connectivity index (χ3v) is 5.43. The minimum Gasteiger partial charge on any atom is -0.493 e. The van der Waals surface area contributed by atoms with Gasteiger partial charge in [-0.2, -0.15) is 0 Å². The first-order valence-electron chi connectivity index (χ1n) is 8.61. The summed E-state index contributed by atoms with van der Waals surface area (Å²) in [6, 6.07) is 15.0. The number of nitrogens with zero attached hydrogens (tertiary/aromatic N) is 1. The first kappa shape index (κ1) is 14.5. The quantitative estimate of drug-likeness (QED) is 0.592. The average molecular weight is 332 g/mol. The molecule has 0 bridgehead atoms. The molecule has 0 saturated carbocycles. The second-order valence-corrected chi connectivity index (χ2v) is 6.62. The number of aromatic nitrogens is 2. The van der Waals surface area contributed by atoms with Crippen LogP contribution in [0.5, 0.6) is 11.5 Å². The number of hydrogen-bond acceptors (Lipinski definition) is 2. The summed E-state index contributed by atoms with van der Waals surface area (Å²) in [5.74, 6) is 1.98. The van der Waals surface area contributed by atoms with Crippen molar-refractivity contribution in [2.75, 3.05) is 14.2 Å². The van der Waals surface area contributed by atoms with Crippen LogP contribution in [0.25, 0.3) is 21.8 Å². The van der Waals surface area contributed by atoms with Crippen LogP contribution in [0, 0.1) is 0 Å². The zero-order valence-electron chi connectivity index (χ0n) is 14.4. The fraction of sp³-hybridized carbons (Fsp3) is 0.238. The molecule has 0 amide bonds. The average Bonchev–Trinajstić information content (AvgIpc) is 3.33. The minimum absolute atomic E-state index is 0.417. The number of ether oxygens (including phenoxy) is 2. The largest absolute Gasteiger partial charge is 0.493 e. The molecule has 4 aromatic rings. The lowest BCUT2D eigenvalue weighted by molar-refractivity contribution is 0.355. The van der Waals surface area contributed by atoms with Crippen LogP contribution in [0.3, 0.4) is 0 Å². The summed E-state index contributed by atoms with van der Waals surface area (Å²) in [6.07, 6.45) is 3.30. The van der Waals surface area contributed by atoms with Gasteiger partial charge in [0.25, 0.3) is 0 Å². The lowest BCUT2D eigenvalue weighted by atomic mass is 9.94. The third-order valence-electron chi connectivity index (χ3n) is 5.43. The lowest BCUT2D eigenvalue weighted by Crippen LogP contribution is -1.95. The van der Waals surface area contributed by atoms with Crippen LogP contribution in [0.2, 0.25) is 0 Å². The minimum atomic E-state index is 0.417. The van der Waals surface area contributed by atoms with Crippen LogP contribution in [0.4, 0.5) is 0 Å². The molecule has 1 aliphatic rings. The summed E-state index contributed by atoms with van der Waals surface area (Å²) < 4.78 is 13.4. The summed E-state index contributed by atoms with van der Waals surface area (Å²) in [6.45, 7) is 1.03. The van der Waals surface area contributed by atoms with Crippen LogP contribution in [-0.2, 0) is 6.54 Å². The molecule has 5 rings (SSSR count). The maximum atomic E-state index is 5.49. The maximum Gasteiger partial charge on any atom is 0.162 e. The molecule has 0 fully saturated rings. The first-order valence-corrected chi connectivity index (χ1v) is 8.61. The van der Waals surface area contributed by atoms with E-state index in [1.165, 1.54) is 33.1 Å². The van der Waals surface area contributed by atoms with Crippen molar-refractivity contribution < 1.29 is 9.47 Å². The van der Waals surface area contributed by atoms with Crippen molar-refractivity contribution in [3.05, 3.63) is 59.9 Å². The highest BCUT2D eigenvalue weighted by Crippen LogP contribution is 2.43. The molecular formula is C21H20N2O2. The molecule has 1 atom stereocenters. The van der Waals surface area contributed by atoms with Gasteiger partial charge in [-0.05, 0) is 30.2 Å². The van der Waals surface area contributed by atoms with Crippen LogP contribution in [0.1, 0.15) is 23.6 Å². The molecular weight excluding hydrogens is 312 g/mol. The molecule has 0 saturated heterocycles. The number of H-pyrrole nitrogens is 1. The monoisotopic (exact) mass is 332 g/mol. The highest BCUT2D eigenvalue weighted by atomic mass is 16.5. The van der Waals surface area contributed by atoms with Gasteiger partial charge in [-0.25, -0.2) is 0 Å². The molecule has 1 aliphatic heterocycles. The number of methoxy groups -OCH3 is 2. The van der Waals surface area contributed by atoms with Crippen molar-refractivity contribution in [2.45, 2.75) is 18.9 Å². The smallest absolute Gasteiger partial charge is 0.162 e. The Morgan fingerprint density at radius 3 is 2.68 bits per heavy atom. The van der Waals surface area contributed by atoms with Crippen LogP contribution in [0.15, 0.2) is 48.7 Å². The Morgan fingerprint density at radius 2 is 1.84 bits per heavy atom. The number of hydrogen-bond donors (Lipinski definition) is 1. The molecule has 2 aromatic carbocycles. The molecule has 0 radical (unpaired) electrons. The van der Waals surface area contributed by atoms with Gasteiger partial charge in [-0.1, -0.05) is 18.2 Å². The highest BCUT2D eigenvalue weighted by Gasteiger charge is 2.28. The van der Waals surface area contributed by atoms with Gasteiger partial charge < -0.3 is 19.0 Å². The Hall–Kier alpha value is -2.88. The van der Waals surface area contributed by atoms with Gasteiger partial charge in [0.05, 0.1) is 19.7 Å². The van der Waals surface area contributed by atoms with Crippen molar-refractivity contribution in [3.63, 3.8) is 0 Å². The number of rotatable bonds is 3. The molecule has 4 nitrogen and oxygen atoms in total. The van der Waals surface area contributed by atoms with Gasteiger partial charge in [0, 0.05) is 46.7 Å². The fourth-order valence-corrected chi connectivity index (χ4v) is 4.25. The zero-order valence-corrected chi connectivity index (χ0v) is 14.4. The van der Waals surface area contributed by atoms with E-state index in [2.05, 4.69) is 58.2 Å². The van der Waals surface area contributed by atoms with Crippen LogP contribution >= 0.6 is 0 Å². The zero-order chi connectivity index (χ0) is 17.0. The molecule has 25 heavy (non-hydrogen) atoms. The number of nitrogens with one attached hydrogen (secondary N) is 1. The number of para-hydroxylation sites is 1. The van der Waals surface area contributed by atoms with Crippen molar-refractivity contribution in [3.8, 4) is 11.5 Å². The van der Waals surface area contributed by atoms with E-state index in [-0.39, 0.29) is 0 Å². The SMILES string of the molecule is COc1cc2cc3n(c2cc1OC)CCC3c1c[nH]c2ccccc12. The lowest BCUT2D eigenvalue weighted by Gasteiger charge is -2.08. The third kappa shape index (κ3) is 2.00. The number of fused-ring (bicyclic) bond motifs is 4.